The van der Waals surface area contributed by atoms with E-state index in [0.717, 1.165) is 0 Å². The smallest absolute Gasteiger partial charge is 0.271 e. The van der Waals surface area contributed by atoms with Crippen molar-refractivity contribution in [1.29, 1.82) is 0 Å². The van der Waals surface area contributed by atoms with Crippen molar-refractivity contribution in [3.8, 4) is 5.75 Å². The summed E-state index contributed by atoms with van der Waals surface area (Å²) in [6.45, 7) is 8.81. The van der Waals surface area contributed by atoms with Crippen LogP contribution in [0.4, 0.5) is 5.69 Å². The van der Waals surface area contributed by atoms with Crippen LogP contribution in [0.1, 0.15) is 49.9 Å². The molecule has 7 heteroatoms. The number of hydrogen-bond donors (Lipinski definition) is 1. The summed E-state index contributed by atoms with van der Waals surface area (Å²) in [5, 5.41) is 4.70. The molecule has 0 saturated heterocycles. The standard InChI is InChI=1S/C21H24N2O4S/c1-20(2,3)22-17(24)12-23-14-11-13(18(25)16-7-6-10-28-16)8-9-15(14)27-21(4,5)19(23)26/h6-11H,12H2,1-5H3,(H,22,24). The van der Waals surface area contributed by atoms with Crippen molar-refractivity contribution in [3.63, 3.8) is 0 Å². The third kappa shape index (κ3) is 4.09. The first-order valence-electron chi connectivity index (χ1n) is 9.02. The molecule has 0 aliphatic carbocycles. The Hall–Kier alpha value is -2.67. The van der Waals surface area contributed by atoms with E-state index in [1.54, 1.807) is 38.1 Å². The van der Waals surface area contributed by atoms with Gasteiger partial charge < -0.3 is 10.1 Å². The number of thiophene rings is 1. The van der Waals surface area contributed by atoms with Crippen molar-refractivity contribution in [1.82, 2.24) is 5.32 Å². The van der Waals surface area contributed by atoms with Crippen LogP contribution in [0.15, 0.2) is 35.7 Å². The van der Waals surface area contributed by atoms with Crippen LogP contribution in [-0.2, 0) is 9.59 Å². The predicted molar refractivity (Wildman–Crippen MR) is 109 cm³/mol. The molecule has 148 valence electrons. The lowest BCUT2D eigenvalue weighted by Crippen LogP contribution is -2.56. The van der Waals surface area contributed by atoms with Crippen LogP contribution in [0.5, 0.6) is 5.75 Å². The highest BCUT2D eigenvalue weighted by Crippen LogP contribution is 2.38. The molecule has 1 aliphatic heterocycles. The summed E-state index contributed by atoms with van der Waals surface area (Å²) in [5.74, 6) is -0.269. The van der Waals surface area contributed by atoms with E-state index < -0.39 is 11.1 Å². The molecular weight excluding hydrogens is 376 g/mol. The maximum Gasteiger partial charge on any atom is 0.271 e. The van der Waals surface area contributed by atoms with Crippen LogP contribution < -0.4 is 15.0 Å². The quantitative estimate of drug-likeness (QED) is 0.798. The lowest BCUT2D eigenvalue weighted by molar-refractivity contribution is -0.134. The molecule has 0 bridgehead atoms. The number of carbonyl (C=O) groups excluding carboxylic acids is 3. The van der Waals surface area contributed by atoms with Gasteiger partial charge in [-0.3, -0.25) is 19.3 Å². The van der Waals surface area contributed by atoms with Crippen molar-refractivity contribution in [2.75, 3.05) is 11.4 Å². The van der Waals surface area contributed by atoms with Gasteiger partial charge in [-0.2, -0.15) is 0 Å². The van der Waals surface area contributed by atoms with Gasteiger partial charge in [-0.15, -0.1) is 11.3 Å². The molecule has 0 unspecified atom stereocenters. The second-order valence-electron chi connectivity index (χ2n) is 8.29. The summed E-state index contributed by atoms with van der Waals surface area (Å²) >= 11 is 1.36. The lowest BCUT2D eigenvalue weighted by Gasteiger charge is -2.39. The van der Waals surface area contributed by atoms with Crippen LogP contribution in [-0.4, -0.2) is 35.3 Å². The number of nitrogens with one attached hydrogen (secondary N) is 1. The number of rotatable bonds is 4. The molecule has 28 heavy (non-hydrogen) atoms. The predicted octanol–water partition coefficient (Wildman–Crippen LogP) is 3.40. The molecule has 2 amide bonds. The van der Waals surface area contributed by atoms with Gasteiger partial charge in [0.05, 0.1) is 10.6 Å². The average Bonchev–Trinajstić information content (AvgIpc) is 3.10. The van der Waals surface area contributed by atoms with E-state index in [1.807, 2.05) is 32.2 Å². The van der Waals surface area contributed by atoms with E-state index in [2.05, 4.69) is 5.32 Å². The molecule has 3 rings (SSSR count). The number of amides is 2. The fraction of sp³-hybridized carbons (Fsp3) is 0.381. The Labute approximate surface area is 168 Å². The number of benzene rings is 1. The number of carbonyl (C=O) groups is 3. The minimum atomic E-state index is -1.10. The number of ether oxygens (including phenoxy) is 1. The Bertz CT molecular complexity index is 926. The topological polar surface area (TPSA) is 75.7 Å². The molecule has 2 heterocycles. The zero-order valence-corrected chi connectivity index (χ0v) is 17.5. The highest BCUT2D eigenvalue weighted by Gasteiger charge is 2.42. The molecule has 0 spiro atoms. The minimum absolute atomic E-state index is 0.130. The maximum absolute atomic E-state index is 13.0. The highest BCUT2D eigenvalue weighted by molar-refractivity contribution is 7.12. The van der Waals surface area contributed by atoms with Crippen molar-refractivity contribution in [2.45, 2.75) is 45.8 Å². The molecule has 1 N–H and O–H groups in total. The van der Waals surface area contributed by atoms with E-state index >= 15 is 0 Å². The molecule has 0 atom stereocenters. The Morgan fingerprint density at radius 2 is 1.93 bits per heavy atom. The molecule has 6 nitrogen and oxygen atoms in total. The number of nitrogens with zero attached hydrogens (tertiary/aromatic N) is 1. The molecular formula is C21H24N2O4S. The van der Waals surface area contributed by atoms with E-state index in [1.165, 1.54) is 16.2 Å². The largest absolute Gasteiger partial charge is 0.476 e. The van der Waals surface area contributed by atoms with Gasteiger partial charge in [0.25, 0.3) is 5.91 Å². The van der Waals surface area contributed by atoms with Gasteiger partial charge in [0.2, 0.25) is 11.7 Å². The number of fused-ring (bicyclic) bond motifs is 1. The minimum Gasteiger partial charge on any atom is -0.476 e. The maximum atomic E-state index is 13.0. The van der Waals surface area contributed by atoms with E-state index in [0.29, 0.717) is 21.9 Å². The SMILES string of the molecule is CC(C)(C)NC(=O)CN1C(=O)C(C)(C)Oc2ccc(C(=O)c3cccs3)cc21. The molecule has 0 radical (unpaired) electrons. The second kappa shape index (κ2) is 7.05. The zero-order valence-electron chi connectivity index (χ0n) is 16.7. The first-order valence-corrected chi connectivity index (χ1v) is 9.90. The third-order valence-electron chi connectivity index (χ3n) is 4.20. The van der Waals surface area contributed by atoms with Crippen molar-refractivity contribution in [2.24, 2.45) is 0 Å². The molecule has 1 aliphatic rings. The van der Waals surface area contributed by atoms with E-state index in [-0.39, 0.29) is 24.1 Å². The summed E-state index contributed by atoms with van der Waals surface area (Å²) in [4.78, 5) is 40.2. The average molecular weight is 401 g/mol. The molecule has 1 aromatic carbocycles. The zero-order chi connectivity index (χ0) is 20.7. The Morgan fingerprint density at radius 1 is 1.21 bits per heavy atom. The van der Waals surface area contributed by atoms with Crippen molar-refractivity contribution >= 4 is 34.6 Å². The van der Waals surface area contributed by atoms with Crippen molar-refractivity contribution < 1.29 is 19.1 Å². The van der Waals surface area contributed by atoms with Crippen molar-refractivity contribution in [3.05, 3.63) is 46.2 Å². The molecule has 0 fully saturated rings. The number of ketones is 1. The van der Waals surface area contributed by atoms with E-state index in [4.69, 9.17) is 4.74 Å². The third-order valence-corrected chi connectivity index (χ3v) is 5.07. The lowest BCUT2D eigenvalue weighted by atomic mass is 10.0. The van der Waals surface area contributed by atoms with Gasteiger partial charge in [-0.1, -0.05) is 6.07 Å². The summed E-state index contributed by atoms with van der Waals surface area (Å²) in [5.41, 5.74) is -0.648. The first kappa shape index (κ1) is 20.1. The Morgan fingerprint density at radius 3 is 2.54 bits per heavy atom. The molecule has 2 aromatic rings. The normalized spacial score (nSPS) is 15.6. The van der Waals surface area contributed by atoms with Crippen LogP contribution >= 0.6 is 11.3 Å². The second-order valence-corrected chi connectivity index (χ2v) is 9.24. The number of anilines is 1. The van der Waals surface area contributed by atoms with Crippen LogP contribution in [0.3, 0.4) is 0 Å². The molecule has 0 saturated carbocycles. The fourth-order valence-electron chi connectivity index (χ4n) is 3.02. The van der Waals surface area contributed by atoms with Gasteiger partial charge in [0, 0.05) is 11.1 Å². The van der Waals surface area contributed by atoms with E-state index in [9.17, 15) is 14.4 Å². The van der Waals surface area contributed by atoms with Gasteiger partial charge in [0.15, 0.2) is 5.60 Å². The highest BCUT2D eigenvalue weighted by atomic mass is 32.1. The summed E-state index contributed by atoms with van der Waals surface area (Å²) < 4.78 is 5.84. The summed E-state index contributed by atoms with van der Waals surface area (Å²) in [6.07, 6.45) is 0. The van der Waals surface area contributed by atoms with Gasteiger partial charge in [-0.05, 0) is 64.3 Å². The summed E-state index contributed by atoms with van der Waals surface area (Å²) in [7, 11) is 0. The Kier molecular flexibility index (Phi) is 5.06. The van der Waals surface area contributed by atoms with Gasteiger partial charge in [0.1, 0.15) is 12.3 Å². The first-order chi connectivity index (χ1) is 13.0. The van der Waals surface area contributed by atoms with Crippen LogP contribution in [0, 0.1) is 0 Å². The van der Waals surface area contributed by atoms with Crippen LogP contribution in [0.2, 0.25) is 0 Å². The van der Waals surface area contributed by atoms with Gasteiger partial charge in [-0.25, -0.2) is 0 Å². The Balaban J connectivity index is 1.98. The molecule has 1 aromatic heterocycles. The monoisotopic (exact) mass is 400 g/mol. The number of hydrogen-bond acceptors (Lipinski definition) is 5. The van der Waals surface area contributed by atoms with Gasteiger partial charge >= 0.3 is 0 Å². The summed E-state index contributed by atoms with van der Waals surface area (Å²) in [6, 6.07) is 8.55. The fourth-order valence-corrected chi connectivity index (χ4v) is 3.70. The van der Waals surface area contributed by atoms with Crippen LogP contribution in [0.25, 0.3) is 0 Å².